The van der Waals surface area contributed by atoms with Gasteiger partial charge in [0, 0.05) is 30.1 Å². The predicted octanol–water partition coefficient (Wildman–Crippen LogP) is 3.43. The highest BCUT2D eigenvalue weighted by Gasteiger charge is 2.03. The predicted molar refractivity (Wildman–Crippen MR) is 92.2 cm³/mol. The van der Waals surface area contributed by atoms with Gasteiger partial charge in [0.1, 0.15) is 0 Å². The van der Waals surface area contributed by atoms with Crippen LogP contribution in [0.3, 0.4) is 0 Å². The van der Waals surface area contributed by atoms with Gasteiger partial charge >= 0.3 is 0 Å². The summed E-state index contributed by atoms with van der Waals surface area (Å²) in [7, 11) is 0. The molecular weight excluding hydrogens is 314 g/mol. The fraction of sp³-hybridized carbons (Fsp3) is 0.188. The van der Waals surface area contributed by atoms with E-state index in [1.165, 1.54) is 4.70 Å². The fourth-order valence-corrected chi connectivity index (χ4v) is 3.65. The summed E-state index contributed by atoms with van der Waals surface area (Å²) < 4.78 is 1.18. The Balaban J connectivity index is 1.50. The van der Waals surface area contributed by atoms with Crippen molar-refractivity contribution in [3.8, 4) is 0 Å². The van der Waals surface area contributed by atoms with Gasteiger partial charge in [0.05, 0.1) is 20.2 Å². The van der Waals surface area contributed by atoms with E-state index in [9.17, 15) is 4.79 Å². The van der Waals surface area contributed by atoms with E-state index in [-0.39, 0.29) is 5.91 Å². The minimum absolute atomic E-state index is 0.0906. The number of hydrogen-bond acceptors (Lipinski definition) is 5. The van der Waals surface area contributed by atoms with E-state index in [0.29, 0.717) is 6.54 Å². The van der Waals surface area contributed by atoms with Gasteiger partial charge in [-0.1, -0.05) is 12.1 Å². The normalized spacial score (nSPS) is 11.3. The highest BCUT2D eigenvalue weighted by molar-refractivity contribution is 7.18. The van der Waals surface area contributed by atoms with Crippen molar-refractivity contribution >= 4 is 44.9 Å². The standard InChI is InChI=1S/C16H15N3OS2/c1-11-18-10-12(21-11)6-7-15(20)17-9-8-16-19-13-4-2-3-5-14(13)22-16/h2-7,10H,8-9H2,1H3,(H,17,20)/b7-6-. The van der Waals surface area contributed by atoms with Crippen molar-refractivity contribution in [2.75, 3.05) is 6.54 Å². The van der Waals surface area contributed by atoms with Crippen LogP contribution in [0, 0.1) is 6.92 Å². The Hall–Kier alpha value is -2.05. The fourth-order valence-electron chi connectivity index (χ4n) is 1.99. The molecule has 0 spiro atoms. The molecule has 0 atom stereocenters. The Kier molecular flexibility index (Phi) is 4.60. The maximum Gasteiger partial charge on any atom is 0.244 e. The van der Waals surface area contributed by atoms with E-state index in [0.717, 1.165) is 26.8 Å². The number of aryl methyl sites for hydroxylation is 1. The van der Waals surface area contributed by atoms with Gasteiger partial charge in [-0.25, -0.2) is 9.97 Å². The minimum Gasteiger partial charge on any atom is -0.352 e. The van der Waals surface area contributed by atoms with E-state index in [2.05, 4.69) is 21.4 Å². The molecule has 0 unspecified atom stereocenters. The van der Waals surface area contributed by atoms with Gasteiger partial charge < -0.3 is 5.32 Å². The quantitative estimate of drug-likeness (QED) is 0.730. The maximum atomic E-state index is 11.8. The van der Waals surface area contributed by atoms with Crippen molar-refractivity contribution in [3.05, 3.63) is 51.4 Å². The van der Waals surface area contributed by atoms with Gasteiger partial charge in [-0.3, -0.25) is 4.79 Å². The molecule has 22 heavy (non-hydrogen) atoms. The molecular formula is C16H15N3OS2. The highest BCUT2D eigenvalue weighted by Crippen LogP contribution is 2.21. The molecule has 3 rings (SSSR count). The van der Waals surface area contributed by atoms with Gasteiger partial charge in [0.15, 0.2) is 0 Å². The first-order valence-corrected chi connectivity index (χ1v) is 8.57. The number of aromatic nitrogens is 2. The molecule has 1 amide bonds. The average molecular weight is 329 g/mol. The van der Waals surface area contributed by atoms with Gasteiger partial charge in [-0.2, -0.15) is 0 Å². The maximum absolute atomic E-state index is 11.8. The number of benzene rings is 1. The molecule has 3 aromatic rings. The van der Waals surface area contributed by atoms with Crippen LogP contribution in [-0.2, 0) is 11.2 Å². The van der Waals surface area contributed by atoms with Crippen LogP contribution in [0.2, 0.25) is 0 Å². The SMILES string of the molecule is Cc1ncc(/C=C\C(=O)NCCc2nc3ccccc3s2)s1. The second kappa shape index (κ2) is 6.81. The van der Waals surface area contributed by atoms with Crippen molar-refractivity contribution in [2.24, 2.45) is 0 Å². The number of thiazole rings is 2. The Morgan fingerprint density at radius 3 is 2.95 bits per heavy atom. The van der Waals surface area contributed by atoms with E-state index in [1.807, 2.05) is 25.1 Å². The first-order chi connectivity index (χ1) is 10.7. The number of nitrogens with zero attached hydrogens (tertiary/aromatic N) is 2. The lowest BCUT2D eigenvalue weighted by molar-refractivity contribution is -0.116. The summed E-state index contributed by atoms with van der Waals surface area (Å²) in [5.74, 6) is -0.0906. The van der Waals surface area contributed by atoms with E-state index < -0.39 is 0 Å². The molecule has 1 aromatic carbocycles. The van der Waals surface area contributed by atoms with Gasteiger partial charge in [-0.15, -0.1) is 22.7 Å². The third-order valence-electron chi connectivity index (χ3n) is 3.01. The molecule has 0 aliphatic heterocycles. The van der Waals surface area contributed by atoms with Gasteiger partial charge in [0.2, 0.25) is 5.91 Å². The molecule has 1 N–H and O–H groups in total. The first kappa shape index (κ1) is 14.9. The van der Waals surface area contributed by atoms with Gasteiger partial charge in [0.25, 0.3) is 0 Å². The molecule has 2 heterocycles. The minimum atomic E-state index is -0.0906. The number of para-hydroxylation sites is 1. The van der Waals surface area contributed by atoms with Crippen LogP contribution in [0.4, 0.5) is 0 Å². The molecule has 2 aromatic heterocycles. The summed E-state index contributed by atoms with van der Waals surface area (Å²) in [6, 6.07) is 8.07. The van der Waals surface area contributed by atoms with Crippen LogP contribution in [-0.4, -0.2) is 22.4 Å². The zero-order valence-electron chi connectivity index (χ0n) is 12.1. The lowest BCUT2D eigenvalue weighted by atomic mass is 10.3. The Labute approximate surface area is 136 Å². The third kappa shape index (κ3) is 3.78. The Morgan fingerprint density at radius 2 is 2.18 bits per heavy atom. The van der Waals surface area contributed by atoms with Crippen LogP contribution in [0.1, 0.15) is 14.9 Å². The summed E-state index contributed by atoms with van der Waals surface area (Å²) in [5, 5.41) is 4.92. The Morgan fingerprint density at radius 1 is 1.32 bits per heavy atom. The lowest BCUT2D eigenvalue weighted by Crippen LogP contribution is -2.23. The third-order valence-corrected chi connectivity index (χ3v) is 4.99. The Bertz CT molecular complexity index is 787. The van der Waals surface area contributed by atoms with Crippen molar-refractivity contribution in [3.63, 3.8) is 0 Å². The van der Waals surface area contributed by atoms with Crippen molar-refractivity contribution in [2.45, 2.75) is 13.3 Å². The van der Waals surface area contributed by atoms with Crippen LogP contribution in [0.15, 0.2) is 36.5 Å². The number of nitrogens with one attached hydrogen (secondary N) is 1. The van der Waals surface area contributed by atoms with Crippen molar-refractivity contribution in [1.29, 1.82) is 0 Å². The summed E-state index contributed by atoms with van der Waals surface area (Å²) in [6.07, 6.45) is 5.85. The molecule has 6 heteroatoms. The molecule has 0 fully saturated rings. The molecule has 0 bridgehead atoms. The molecule has 0 saturated carbocycles. The second-order valence-electron chi connectivity index (χ2n) is 4.73. The largest absolute Gasteiger partial charge is 0.352 e. The average Bonchev–Trinajstić information content (AvgIpc) is 3.10. The molecule has 4 nitrogen and oxygen atoms in total. The number of carbonyl (C=O) groups is 1. The summed E-state index contributed by atoms with van der Waals surface area (Å²) in [4.78, 5) is 21.4. The van der Waals surface area contributed by atoms with E-state index >= 15 is 0 Å². The van der Waals surface area contributed by atoms with Crippen LogP contribution in [0.5, 0.6) is 0 Å². The number of rotatable bonds is 5. The van der Waals surface area contributed by atoms with E-state index in [1.54, 1.807) is 41.0 Å². The first-order valence-electron chi connectivity index (χ1n) is 6.93. The molecule has 0 radical (unpaired) electrons. The smallest absolute Gasteiger partial charge is 0.244 e. The molecule has 0 aliphatic carbocycles. The monoisotopic (exact) mass is 329 g/mol. The lowest BCUT2D eigenvalue weighted by Gasteiger charge is -1.99. The number of fused-ring (bicyclic) bond motifs is 1. The number of hydrogen-bond donors (Lipinski definition) is 1. The van der Waals surface area contributed by atoms with Crippen molar-refractivity contribution < 1.29 is 4.79 Å². The summed E-state index contributed by atoms with van der Waals surface area (Å²) >= 11 is 3.24. The summed E-state index contributed by atoms with van der Waals surface area (Å²) in [6.45, 7) is 2.53. The van der Waals surface area contributed by atoms with Crippen LogP contribution >= 0.6 is 22.7 Å². The van der Waals surface area contributed by atoms with Gasteiger partial charge in [-0.05, 0) is 25.1 Å². The molecule has 0 saturated heterocycles. The highest BCUT2D eigenvalue weighted by atomic mass is 32.1. The summed E-state index contributed by atoms with van der Waals surface area (Å²) in [5.41, 5.74) is 1.02. The number of carbonyl (C=O) groups excluding carboxylic acids is 1. The zero-order valence-corrected chi connectivity index (χ0v) is 13.7. The van der Waals surface area contributed by atoms with Crippen LogP contribution < -0.4 is 5.32 Å². The molecule has 112 valence electrons. The number of amides is 1. The topological polar surface area (TPSA) is 54.9 Å². The second-order valence-corrected chi connectivity index (χ2v) is 7.11. The van der Waals surface area contributed by atoms with E-state index in [4.69, 9.17) is 0 Å². The van der Waals surface area contributed by atoms with Crippen LogP contribution in [0.25, 0.3) is 16.3 Å². The van der Waals surface area contributed by atoms with Crippen molar-refractivity contribution in [1.82, 2.24) is 15.3 Å². The zero-order chi connectivity index (χ0) is 15.4. The molecule has 0 aliphatic rings.